The minimum atomic E-state index is -0.757. The van der Waals surface area contributed by atoms with Crippen LogP contribution in [-0.2, 0) is 15.9 Å². The maximum absolute atomic E-state index is 12.4. The van der Waals surface area contributed by atoms with Crippen LogP contribution in [0, 0.1) is 0 Å². The molecule has 1 atom stereocenters. The number of hydrogen-bond acceptors (Lipinski definition) is 5. The fourth-order valence-corrected chi connectivity index (χ4v) is 3.56. The topological polar surface area (TPSA) is 74.3 Å². The number of anilines is 3. The van der Waals surface area contributed by atoms with Gasteiger partial charge in [-0.15, -0.1) is 0 Å². The highest BCUT2D eigenvalue weighted by molar-refractivity contribution is 5.89. The van der Waals surface area contributed by atoms with E-state index in [-0.39, 0.29) is 25.3 Å². The number of aliphatic hydroxyl groups excluding tert-OH is 1. The number of benzene rings is 2. The Hall–Kier alpha value is -2.61. The number of carbonyl (C=O) groups excluding carboxylic acids is 1. The van der Waals surface area contributed by atoms with E-state index >= 15 is 0 Å². The lowest BCUT2D eigenvalue weighted by Gasteiger charge is -2.22. The van der Waals surface area contributed by atoms with Crippen molar-refractivity contribution in [1.82, 2.24) is 4.90 Å². The number of nitrogens with zero attached hydrogens (tertiary/aromatic N) is 2. The van der Waals surface area contributed by atoms with Crippen LogP contribution in [0.1, 0.15) is 19.4 Å². The SMILES string of the molecule is CC(C)OCCOCC(O)CN(C)C(=O)Nc1ccc(N2CCc3ccccc32)cc1. The summed E-state index contributed by atoms with van der Waals surface area (Å²) in [5.74, 6) is 0. The first kappa shape index (κ1) is 23.1. The van der Waals surface area contributed by atoms with E-state index in [2.05, 4.69) is 34.5 Å². The molecule has 0 fully saturated rings. The Morgan fingerprint density at radius 1 is 1.16 bits per heavy atom. The number of ether oxygens (including phenoxy) is 2. The molecule has 0 saturated heterocycles. The summed E-state index contributed by atoms with van der Waals surface area (Å²) in [7, 11) is 1.65. The summed E-state index contributed by atoms with van der Waals surface area (Å²) in [6, 6.07) is 16.0. The summed E-state index contributed by atoms with van der Waals surface area (Å²) in [6.45, 7) is 6.11. The Balaban J connectivity index is 1.44. The Kier molecular flexibility index (Phi) is 8.28. The van der Waals surface area contributed by atoms with Crippen LogP contribution < -0.4 is 10.2 Å². The van der Waals surface area contributed by atoms with Crippen molar-refractivity contribution in [2.45, 2.75) is 32.5 Å². The van der Waals surface area contributed by atoms with E-state index in [9.17, 15) is 9.90 Å². The van der Waals surface area contributed by atoms with Gasteiger partial charge in [0.2, 0.25) is 0 Å². The van der Waals surface area contributed by atoms with E-state index in [4.69, 9.17) is 9.47 Å². The molecule has 7 nitrogen and oxygen atoms in total. The third kappa shape index (κ3) is 6.69. The number of nitrogens with one attached hydrogen (secondary N) is 1. The normalized spacial score (nSPS) is 13.9. The molecule has 1 heterocycles. The smallest absolute Gasteiger partial charge is 0.321 e. The fraction of sp³-hybridized carbons (Fsp3) is 0.458. The van der Waals surface area contributed by atoms with E-state index in [0.29, 0.717) is 18.9 Å². The molecule has 0 aromatic heterocycles. The van der Waals surface area contributed by atoms with Gasteiger partial charge in [-0.1, -0.05) is 18.2 Å². The summed E-state index contributed by atoms with van der Waals surface area (Å²) in [5.41, 5.74) is 4.41. The molecule has 3 rings (SSSR count). The largest absolute Gasteiger partial charge is 0.389 e. The summed E-state index contributed by atoms with van der Waals surface area (Å²) >= 11 is 0. The zero-order chi connectivity index (χ0) is 22.2. The summed E-state index contributed by atoms with van der Waals surface area (Å²) < 4.78 is 10.8. The van der Waals surface area contributed by atoms with E-state index in [1.54, 1.807) is 7.05 Å². The molecule has 7 heteroatoms. The maximum atomic E-state index is 12.4. The van der Waals surface area contributed by atoms with E-state index in [0.717, 1.165) is 18.7 Å². The highest BCUT2D eigenvalue weighted by Gasteiger charge is 2.20. The molecular formula is C24H33N3O4. The quantitative estimate of drug-likeness (QED) is 0.566. The van der Waals surface area contributed by atoms with Crippen LogP contribution in [0.5, 0.6) is 0 Å². The standard InChI is InChI=1S/C24H33N3O4/c1-18(2)31-15-14-30-17-22(28)16-26(3)24(29)25-20-8-10-21(11-9-20)27-13-12-19-6-4-5-7-23(19)27/h4-11,18,22,28H,12-17H2,1-3H3,(H,25,29). The maximum Gasteiger partial charge on any atom is 0.321 e. The van der Waals surface area contributed by atoms with Crippen molar-refractivity contribution in [3.63, 3.8) is 0 Å². The van der Waals surface area contributed by atoms with Gasteiger partial charge in [0.25, 0.3) is 0 Å². The average Bonchev–Trinajstić information content (AvgIpc) is 3.18. The van der Waals surface area contributed by atoms with Crippen LogP contribution in [0.2, 0.25) is 0 Å². The Morgan fingerprint density at radius 2 is 1.90 bits per heavy atom. The number of likely N-dealkylation sites (N-methyl/N-ethyl adjacent to an activating group) is 1. The zero-order valence-electron chi connectivity index (χ0n) is 18.6. The van der Waals surface area contributed by atoms with Gasteiger partial charge in [-0.05, 0) is 56.2 Å². The molecule has 31 heavy (non-hydrogen) atoms. The van der Waals surface area contributed by atoms with Gasteiger partial charge in [-0.2, -0.15) is 0 Å². The average molecular weight is 428 g/mol. The number of aliphatic hydroxyl groups is 1. The van der Waals surface area contributed by atoms with Crippen LogP contribution in [0.4, 0.5) is 21.9 Å². The van der Waals surface area contributed by atoms with Crippen molar-refractivity contribution in [1.29, 1.82) is 0 Å². The molecule has 2 N–H and O–H groups in total. The van der Waals surface area contributed by atoms with Gasteiger partial charge in [-0.25, -0.2) is 4.79 Å². The van der Waals surface area contributed by atoms with Gasteiger partial charge in [0.05, 0.1) is 38.6 Å². The molecule has 168 valence electrons. The van der Waals surface area contributed by atoms with Gasteiger partial charge < -0.3 is 29.7 Å². The van der Waals surface area contributed by atoms with Crippen molar-refractivity contribution in [2.24, 2.45) is 0 Å². The Bertz CT molecular complexity index is 841. The van der Waals surface area contributed by atoms with Gasteiger partial charge in [0, 0.05) is 30.7 Å². The number of fused-ring (bicyclic) bond motifs is 1. The van der Waals surface area contributed by atoms with Gasteiger partial charge in [0.1, 0.15) is 0 Å². The monoisotopic (exact) mass is 427 g/mol. The number of para-hydroxylation sites is 1. The zero-order valence-corrected chi connectivity index (χ0v) is 18.6. The predicted molar refractivity (Wildman–Crippen MR) is 123 cm³/mol. The second-order valence-electron chi connectivity index (χ2n) is 8.04. The molecule has 0 saturated carbocycles. The number of urea groups is 1. The van der Waals surface area contributed by atoms with Gasteiger partial charge in [0.15, 0.2) is 0 Å². The molecule has 2 aromatic rings. The van der Waals surface area contributed by atoms with Crippen LogP contribution in [0.3, 0.4) is 0 Å². The van der Waals surface area contributed by atoms with Crippen molar-refractivity contribution in [3.05, 3.63) is 54.1 Å². The van der Waals surface area contributed by atoms with Crippen LogP contribution in [-0.4, -0.2) is 68.2 Å². The van der Waals surface area contributed by atoms with Crippen LogP contribution >= 0.6 is 0 Å². The third-order valence-corrected chi connectivity index (χ3v) is 5.14. The van der Waals surface area contributed by atoms with E-state index in [1.807, 2.05) is 38.1 Å². The minimum absolute atomic E-state index is 0.156. The fourth-order valence-electron chi connectivity index (χ4n) is 3.56. The van der Waals surface area contributed by atoms with Crippen molar-refractivity contribution < 1.29 is 19.4 Å². The molecule has 0 bridgehead atoms. The van der Waals surface area contributed by atoms with Crippen LogP contribution in [0.15, 0.2) is 48.5 Å². The van der Waals surface area contributed by atoms with E-state index < -0.39 is 6.10 Å². The summed E-state index contributed by atoms with van der Waals surface area (Å²) in [5, 5.41) is 13.0. The number of hydrogen-bond donors (Lipinski definition) is 2. The molecule has 2 aromatic carbocycles. The highest BCUT2D eigenvalue weighted by atomic mass is 16.5. The lowest BCUT2D eigenvalue weighted by molar-refractivity contribution is -0.0144. The molecule has 1 unspecified atom stereocenters. The minimum Gasteiger partial charge on any atom is -0.389 e. The van der Waals surface area contributed by atoms with E-state index in [1.165, 1.54) is 16.2 Å². The number of amides is 2. The highest BCUT2D eigenvalue weighted by Crippen LogP contribution is 2.34. The molecule has 0 aliphatic carbocycles. The first-order valence-corrected chi connectivity index (χ1v) is 10.8. The third-order valence-electron chi connectivity index (χ3n) is 5.14. The summed E-state index contributed by atoms with van der Waals surface area (Å²) in [4.78, 5) is 16.2. The number of rotatable bonds is 10. The first-order chi connectivity index (χ1) is 14.9. The lowest BCUT2D eigenvalue weighted by Crippen LogP contribution is -2.39. The molecular weight excluding hydrogens is 394 g/mol. The lowest BCUT2D eigenvalue weighted by atomic mass is 10.2. The predicted octanol–water partition coefficient (Wildman–Crippen LogP) is 3.65. The second kappa shape index (κ2) is 11.1. The molecule has 0 spiro atoms. The molecule has 1 aliphatic rings. The molecule has 0 radical (unpaired) electrons. The summed E-state index contributed by atoms with van der Waals surface area (Å²) in [6.07, 6.45) is 0.437. The number of carbonyl (C=O) groups is 1. The van der Waals surface area contributed by atoms with Crippen LogP contribution in [0.25, 0.3) is 0 Å². The van der Waals surface area contributed by atoms with Crippen molar-refractivity contribution in [2.75, 3.05) is 50.2 Å². The molecule has 1 aliphatic heterocycles. The Morgan fingerprint density at radius 3 is 2.65 bits per heavy atom. The van der Waals surface area contributed by atoms with Crippen molar-refractivity contribution >= 4 is 23.1 Å². The Labute approximate surface area is 184 Å². The molecule has 2 amide bonds. The van der Waals surface area contributed by atoms with Gasteiger partial charge >= 0.3 is 6.03 Å². The first-order valence-electron chi connectivity index (χ1n) is 10.8. The van der Waals surface area contributed by atoms with Crippen molar-refractivity contribution in [3.8, 4) is 0 Å². The van der Waals surface area contributed by atoms with Gasteiger partial charge in [-0.3, -0.25) is 0 Å². The second-order valence-corrected chi connectivity index (χ2v) is 8.04.